The fraction of sp³-hybridized carbons (Fsp3) is 0.500. The van der Waals surface area contributed by atoms with Crippen molar-refractivity contribution in [2.45, 2.75) is 25.7 Å². The summed E-state index contributed by atoms with van der Waals surface area (Å²) < 4.78 is 5.16. The molecule has 1 fully saturated rings. The standard InChI is InChI=1S/C16H21NO4/c1-21-14-4-2-3-12(9-14)5-6-15(18)17-8-7-13(11-17)10-16(19)20/h2-4,9,13H,5-8,10-11H2,1H3,(H,19,20). The molecule has 114 valence electrons. The number of ether oxygens (including phenoxy) is 1. The van der Waals surface area contributed by atoms with Crippen LogP contribution in [0.1, 0.15) is 24.8 Å². The van der Waals surface area contributed by atoms with Crippen LogP contribution in [0.3, 0.4) is 0 Å². The predicted molar refractivity (Wildman–Crippen MR) is 78.3 cm³/mol. The number of carbonyl (C=O) groups is 2. The smallest absolute Gasteiger partial charge is 0.303 e. The van der Waals surface area contributed by atoms with Crippen molar-refractivity contribution in [3.05, 3.63) is 29.8 Å². The lowest BCUT2D eigenvalue weighted by Gasteiger charge is -2.16. The molecule has 1 amide bonds. The molecule has 1 aromatic rings. The van der Waals surface area contributed by atoms with Gasteiger partial charge in [0.2, 0.25) is 5.91 Å². The van der Waals surface area contributed by atoms with Gasteiger partial charge in [0.05, 0.1) is 7.11 Å². The van der Waals surface area contributed by atoms with E-state index >= 15 is 0 Å². The molecular formula is C16H21NO4. The van der Waals surface area contributed by atoms with Crippen LogP contribution < -0.4 is 4.74 Å². The summed E-state index contributed by atoms with van der Waals surface area (Å²) in [5.74, 6) is 0.210. The number of amides is 1. The van der Waals surface area contributed by atoms with E-state index in [2.05, 4.69) is 0 Å². The van der Waals surface area contributed by atoms with Crippen molar-refractivity contribution in [3.63, 3.8) is 0 Å². The van der Waals surface area contributed by atoms with Crippen LogP contribution in [0.4, 0.5) is 0 Å². The average Bonchev–Trinajstić information content (AvgIpc) is 2.92. The maximum absolute atomic E-state index is 12.2. The zero-order valence-corrected chi connectivity index (χ0v) is 12.2. The third kappa shape index (κ3) is 4.48. The van der Waals surface area contributed by atoms with Gasteiger partial charge in [-0.3, -0.25) is 9.59 Å². The molecule has 0 bridgehead atoms. The van der Waals surface area contributed by atoms with Crippen LogP contribution in [0.5, 0.6) is 5.75 Å². The van der Waals surface area contributed by atoms with Crippen molar-refractivity contribution in [2.75, 3.05) is 20.2 Å². The summed E-state index contributed by atoms with van der Waals surface area (Å²) in [6.45, 7) is 1.25. The zero-order chi connectivity index (χ0) is 15.2. The molecule has 1 aliphatic rings. The minimum Gasteiger partial charge on any atom is -0.497 e. The molecule has 0 aromatic heterocycles. The number of nitrogens with zero attached hydrogens (tertiary/aromatic N) is 1. The topological polar surface area (TPSA) is 66.8 Å². The Labute approximate surface area is 124 Å². The molecule has 0 radical (unpaired) electrons. The summed E-state index contributed by atoms with van der Waals surface area (Å²) in [7, 11) is 1.62. The molecule has 1 unspecified atom stereocenters. The molecule has 1 atom stereocenters. The van der Waals surface area contributed by atoms with Crippen molar-refractivity contribution < 1.29 is 19.4 Å². The van der Waals surface area contributed by atoms with Gasteiger partial charge in [-0.05, 0) is 36.5 Å². The predicted octanol–water partition coefficient (Wildman–Crippen LogP) is 1.95. The Balaban J connectivity index is 1.81. The first-order valence-corrected chi connectivity index (χ1v) is 7.21. The van der Waals surface area contributed by atoms with Crippen molar-refractivity contribution in [2.24, 2.45) is 5.92 Å². The van der Waals surface area contributed by atoms with E-state index in [1.807, 2.05) is 24.3 Å². The Kier molecular flexibility index (Phi) is 5.20. The Morgan fingerprint density at radius 1 is 1.43 bits per heavy atom. The highest BCUT2D eigenvalue weighted by molar-refractivity contribution is 5.77. The lowest BCUT2D eigenvalue weighted by atomic mass is 10.1. The molecule has 0 saturated carbocycles. The zero-order valence-electron chi connectivity index (χ0n) is 12.2. The number of hydrogen-bond acceptors (Lipinski definition) is 3. The lowest BCUT2D eigenvalue weighted by Crippen LogP contribution is -2.29. The van der Waals surface area contributed by atoms with Gasteiger partial charge in [-0.1, -0.05) is 12.1 Å². The third-order valence-corrected chi connectivity index (χ3v) is 3.86. The van der Waals surface area contributed by atoms with Gasteiger partial charge in [0, 0.05) is 25.9 Å². The molecule has 1 aliphatic heterocycles. The van der Waals surface area contributed by atoms with Crippen LogP contribution in [0.15, 0.2) is 24.3 Å². The summed E-state index contributed by atoms with van der Waals surface area (Å²) in [6, 6.07) is 7.71. The van der Waals surface area contributed by atoms with Gasteiger partial charge in [-0.2, -0.15) is 0 Å². The quantitative estimate of drug-likeness (QED) is 0.870. The van der Waals surface area contributed by atoms with Crippen molar-refractivity contribution in [3.8, 4) is 5.75 Å². The Bertz CT molecular complexity index is 515. The first-order valence-electron chi connectivity index (χ1n) is 7.21. The summed E-state index contributed by atoms with van der Waals surface area (Å²) in [4.78, 5) is 24.6. The molecule has 0 spiro atoms. The fourth-order valence-corrected chi connectivity index (χ4v) is 2.71. The van der Waals surface area contributed by atoms with Gasteiger partial charge in [0.15, 0.2) is 0 Å². The van der Waals surface area contributed by atoms with E-state index in [4.69, 9.17) is 9.84 Å². The normalized spacial score (nSPS) is 17.8. The summed E-state index contributed by atoms with van der Waals surface area (Å²) in [5.41, 5.74) is 1.07. The molecule has 5 nitrogen and oxygen atoms in total. The van der Waals surface area contributed by atoms with Crippen molar-refractivity contribution >= 4 is 11.9 Å². The number of carboxylic acids is 1. The Hall–Kier alpha value is -2.04. The number of aliphatic carboxylic acids is 1. The number of rotatable bonds is 6. The van der Waals surface area contributed by atoms with Crippen molar-refractivity contribution in [1.29, 1.82) is 0 Å². The number of carbonyl (C=O) groups excluding carboxylic acids is 1. The second-order valence-electron chi connectivity index (χ2n) is 5.44. The Morgan fingerprint density at radius 2 is 2.24 bits per heavy atom. The Morgan fingerprint density at radius 3 is 2.95 bits per heavy atom. The van der Waals surface area contributed by atoms with Crippen molar-refractivity contribution in [1.82, 2.24) is 4.90 Å². The molecule has 1 N–H and O–H groups in total. The van der Waals surface area contributed by atoms with Gasteiger partial charge < -0.3 is 14.7 Å². The second kappa shape index (κ2) is 7.11. The highest BCUT2D eigenvalue weighted by atomic mass is 16.5. The molecule has 5 heteroatoms. The molecular weight excluding hydrogens is 270 g/mol. The van der Waals surface area contributed by atoms with E-state index in [-0.39, 0.29) is 18.2 Å². The summed E-state index contributed by atoms with van der Waals surface area (Å²) in [5, 5.41) is 8.78. The van der Waals surface area contributed by atoms with Gasteiger partial charge >= 0.3 is 5.97 Å². The van der Waals surface area contributed by atoms with E-state index in [1.165, 1.54) is 0 Å². The van der Waals surface area contributed by atoms with Crippen LogP contribution >= 0.6 is 0 Å². The number of methoxy groups -OCH3 is 1. The SMILES string of the molecule is COc1cccc(CCC(=O)N2CCC(CC(=O)O)C2)c1. The van der Waals surface area contributed by atoms with Gasteiger partial charge in [0.1, 0.15) is 5.75 Å². The minimum absolute atomic E-state index is 0.100. The summed E-state index contributed by atoms with van der Waals surface area (Å²) in [6.07, 6.45) is 2.07. The molecule has 21 heavy (non-hydrogen) atoms. The van der Waals surface area contributed by atoms with E-state index in [1.54, 1.807) is 12.0 Å². The fourth-order valence-electron chi connectivity index (χ4n) is 2.71. The number of benzene rings is 1. The first-order chi connectivity index (χ1) is 10.1. The van der Waals surface area contributed by atoms with Crippen LogP contribution in [0.25, 0.3) is 0 Å². The molecule has 1 saturated heterocycles. The molecule has 1 aromatic carbocycles. The van der Waals surface area contributed by atoms with E-state index in [9.17, 15) is 9.59 Å². The van der Waals surface area contributed by atoms with Gasteiger partial charge in [-0.25, -0.2) is 0 Å². The van der Waals surface area contributed by atoms with Crippen LogP contribution in [0, 0.1) is 5.92 Å². The average molecular weight is 291 g/mol. The van der Waals surface area contributed by atoms with Crippen LogP contribution in [0.2, 0.25) is 0 Å². The van der Waals surface area contributed by atoms with Crippen LogP contribution in [-0.2, 0) is 16.0 Å². The number of aryl methyl sites for hydroxylation is 1. The molecule has 1 heterocycles. The number of carboxylic acid groups (broad SMARTS) is 1. The maximum atomic E-state index is 12.2. The first kappa shape index (κ1) is 15.4. The molecule has 0 aliphatic carbocycles. The minimum atomic E-state index is -0.786. The molecule has 2 rings (SSSR count). The van der Waals surface area contributed by atoms with Gasteiger partial charge in [-0.15, -0.1) is 0 Å². The maximum Gasteiger partial charge on any atom is 0.303 e. The van der Waals surface area contributed by atoms with Crippen LogP contribution in [-0.4, -0.2) is 42.1 Å². The highest BCUT2D eigenvalue weighted by Gasteiger charge is 2.27. The second-order valence-corrected chi connectivity index (χ2v) is 5.44. The summed E-state index contributed by atoms with van der Waals surface area (Å²) >= 11 is 0. The number of hydrogen-bond donors (Lipinski definition) is 1. The third-order valence-electron chi connectivity index (χ3n) is 3.86. The van der Waals surface area contributed by atoms with Gasteiger partial charge in [0.25, 0.3) is 0 Å². The highest BCUT2D eigenvalue weighted by Crippen LogP contribution is 2.21. The lowest BCUT2D eigenvalue weighted by molar-refractivity contribution is -0.138. The monoisotopic (exact) mass is 291 g/mol. The van der Waals surface area contributed by atoms with E-state index in [0.29, 0.717) is 25.9 Å². The van der Waals surface area contributed by atoms with E-state index < -0.39 is 5.97 Å². The van der Waals surface area contributed by atoms with E-state index in [0.717, 1.165) is 17.7 Å². The largest absolute Gasteiger partial charge is 0.497 e. The number of likely N-dealkylation sites (tertiary alicyclic amines) is 1.